The number of aromatic nitrogens is 2. The molecular weight excluding hydrogens is 459 g/mol. The second-order valence-electron chi connectivity index (χ2n) is 7.62. The second-order valence-corrected chi connectivity index (χ2v) is 7.62. The number of aryl methyl sites for hydroxylation is 1. The summed E-state index contributed by atoms with van der Waals surface area (Å²) in [5, 5.41) is 7.06. The molecule has 0 aliphatic carbocycles. The lowest BCUT2D eigenvalue weighted by atomic mass is 10.1. The molecule has 0 saturated heterocycles. The molecule has 10 heteroatoms. The van der Waals surface area contributed by atoms with Crippen LogP contribution in [0.1, 0.15) is 17.0 Å². The first-order chi connectivity index (χ1) is 16.7. The molecule has 4 rings (SSSR count). The van der Waals surface area contributed by atoms with E-state index in [1.54, 1.807) is 49.4 Å². The van der Waals surface area contributed by atoms with Crippen LogP contribution in [0.25, 0.3) is 16.6 Å². The average Bonchev–Trinajstić information content (AvgIpc) is 2.83. The predicted octanol–water partition coefficient (Wildman–Crippen LogP) is 4.28. The Morgan fingerprint density at radius 1 is 1.03 bits per heavy atom. The van der Waals surface area contributed by atoms with Crippen LogP contribution >= 0.6 is 0 Å². The Bertz CT molecular complexity index is 1440. The van der Waals surface area contributed by atoms with Crippen LogP contribution in [0.5, 0.6) is 0 Å². The molecule has 7 nitrogen and oxygen atoms in total. The van der Waals surface area contributed by atoms with Crippen molar-refractivity contribution in [1.29, 1.82) is 0 Å². The highest BCUT2D eigenvalue weighted by molar-refractivity contribution is 5.92. The molecule has 0 aliphatic heterocycles. The fourth-order valence-electron chi connectivity index (χ4n) is 3.44. The van der Waals surface area contributed by atoms with Crippen LogP contribution in [0.4, 0.5) is 18.9 Å². The Labute approximate surface area is 197 Å². The molecular formula is C25H20F3N5O2. The van der Waals surface area contributed by atoms with Crippen molar-refractivity contribution in [2.45, 2.75) is 13.1 Å². The zero-order valence-electron chi connectivity index (χ0n) is 18.5. The van der Waals surface area contributed by atoms with Gasteiger partial charge in [0.1, 0.15) is 12.4 Å². The summed E-state index contributed by atoms with van der Waals surface area (Å²) in [7, 11) is 0. The van der Waals surface area contributed by atoms with Crippen molar-refractivity contribution in [3.8, 4) is 5.69 Å². The van der Waals surface area contributed by atoms with E-state index >= 15 is 0 Å². The van der Waals surface area contributed by atoms with Crippen molar-refractivity contribution in [2.75, 3.05) is 11.9 Å². The summed E-state index contributed by atoms with van der Waals surface area (Å²) in [5.41, 5.74) is 3.84. The van der Waals surface area contributed by atoms with Gasteiger partial charge in [0.05, 0.1) is 28.4 Å². The minimum atomic E-state index is -4.40. The molecule has 35 heavy (non-hydrogen) atoms. The molecule has 0 atom stereocenters. The largest absolute Gasteiger partial charge is 0.416 e. The van der Waals surface area contributed by atoms with Crippen LogP contribution in [0.2, 0.25) is 0 Å². The molecule has 0 saturated carbocycles. The third kappa shape index (κ3) is 5.55. The van der Waals surface area contributed by atoms with E-state index in [2.05, 4.69) is 20.8 Å². The average molecular weight is 479 g/mol. The van der Waals surface area contributed by atoms with Crippen LogP contribution in [0.15, 0.2) is 82.7 Å². The van der Waals surface area contributed by atoms with E-state index in [0.29, 0.717) is 33.7 Å². The number of alkyl halides is 3. The first kappa shape index (κ1) is 23.7. The van der Waals surface area contributed by atoms with Crippen molar-refractivity contribution in [3.05, 3.63) is 100 Å². The monoisotopic (exact) mass is 479 g/mol. The number of carbonyl (C=O) groups excluding carboxylic acids is 1. The minimum Gasteiger partial charge on any atom is -0.325 e. The minimum absolute atomic E-state index is 0.147. The van der Waals surface area contributed by atoms with Gasteiger partial charge in [-0.1, -0.05) is 24.3 Å². The molecule has 0 bridgehead atoms. The molecule has 178 valence electrons. The summed E-state index contributed by atoms with van der Waals surface area (Å²) in [5.74, 6) is 0.170. The maximum atomic E-state index is 12.9. The quantitative estimate of drug-likeness (QED) is 0.319. The molecule has 0 spiro atoms. The Morgan fingerprint density at radius 2 is 1.71 bits per heavy atom. The zero-order chi connectivity index (χ0) is 25.0. The molecule has 0 unspecified atom stereocenters. The lowest BCUT2D eigenvalue weighted by molar-refractivity contribution is -0.137. The lowest BCUT2D eigenvalue weighted by Gasteiger charge is -2.12. The standard InChI is InChI=1S/C25H20F3N5O2/c1-16-31-22-5-3-2-4-21(22)24(35)33(16)20-12-10-19(11-13-20)32-23(34)15-30-29-14-17-6-8-18(9-7-17)25(26,27)28/h2-14,30H,15H2,1H3,(H,32,34). The number of amides is 1. The number of hydrogen-bond donors (Lipinski definition) is 2. The summed E-state index contributed by atoms with van der Waals surface area (Å²) in [6.45, 7) is 1.60. The fourth-order valence-corrected chi connectivity index (χ4v) is 3.44. The SMILES string of the molecule is Cc1nc2ccccc2c(=O)n1-c1ccc(NC(=O)CNN=Cc2ccc(C(F)(F)F)cc2)cc1. The highest BCUT2D eigenvalue weighted by atomic mass is 19.4. The Morgan fingerprint density at radius 3 is 2.40 bits per heavy atom. The van der Waals surface area contributed by atoms with Gasteiger partial charge in [-0.25, -0.2) is 4.98 Å². The molecule has 1 heterocycles. The number of halogens is 3. The predicted molar refractivity (Wildman–Crippen MR) is 128 cm³/mol. The van der Waals surface area contributed by atoms with Gasteiger partial charge in [-0.3, -0.25) is 14.2 Å². The number of anilines is 1. The maximum Gasteiger partial charge on any atom is 0.416 e. The summed E-state index contributed by atoms with van der Waals surface area (Å²) in [6, 6.07) is 18.4. The van der Waals surface area contributed by atoms with Gasteiger partial charge in [0, 0.05) is 5.69 Å². The van der Waals surface area contributed by atoms with Gasteiger partial charge >= 0.3 is 6.18 Å². The fraction of sp³-hybridized carbons (Fsp3) is 0.120. The number of hydrogen-bond acceptors (Lipinski definition) is 5. The summed E-state index contributed by atoms with van der Waals surface area (Å²) in [6.07, 6.45) is -3.08. The van der Waals surface area contributed by atoms with Crippen LogP contribution < -0.4 is 16.3 Å². The van der Waals surface area contributed by atoms with Gasteiger partial charge in [-0.15, -0.1) is 0 Å². The van der Waals surface area contributed by atoms with E-state index in [1.807, 2.05) is 6.07 Å². The Hall–Kier alpha value is -4.47. The Kier molecular flexibility index (Phi) is 6.63. The molecule has 4 aromatic rings. The van der Waals surface area contributed by atoms with E-state index in [1.165, 1.54) is 22.9 Å². The molecule has 1 amide bonds. The third-order valence-electron chi connectivity index (χ3n) is 5.14. The number of para-hydroxylation sites is 1. The first-order valence-corrected chi connectivity index (χ1v) is 10.5. The molecule has 0 radical (unpaired) electrons. The van der Waals surface area contributed by atoms with E-state index in [9.17, 15) is 22.8 Å². The van der Waals surface area contributed by atoms with Crippen molar-refractivity contribution in [3.63, 3.8) is 0 Å². The van der Waals surface area contributed by atoms with Crippen LogP contribution in [0.3, 0.4) is 0 Å². The molecule has 0 aliphatic rings. The van der Waals surface area contributed by atoms with Crippen molar-refractivity contribution >= 4 is 28.7 Å². The van der Waals surface area contributed by atoms with E-state index in [4.69, 9.17) is 0 Å². The Balaban J connectivity index is 1.35. The van der Waals surface area contributed by atoms with Gasteiger partial charge in [0.2, 0.25) is 5.91 Å². The van der Waals surface area contributed by atoms with Crippen LogP contribution in [0, 0.1) is 6.92 Å². The van der Waals surface area contributed by atoms with Gasteiger partial charge in [0.25, 0.3) is 5.56 Å². The number of carbonyl (C=O) groups is 1. The number of hydrazone groups is 1. The number of benzene rings is 3. The van der Waals surface area contributed by atoms with Gasteiger partial charge in [-0.2, -0.15) is 18.3 Å². The highest BCUT2D eigenvalue weighted by Gasteiger charge is 2.29. The van der Waals surface area contributed by atoms with Crippen LogP contribution in [-0.2, 0) is 11.0 Å². The van der Waals surface area contributed by atoms with Gasteiger partial charge < -0.3 is 10.7 Å². The third-order valence-corrected chi connectivity index (χ3v) is 5.14. The second kappa shape index (κ2) is 9.80. The molecule has 3 aromatic carbocycles. The van der Waals surface area contributed by atoms with Gasteiger partial charge in [-0.05, 0) is 61.0 Å². The molecule has 2 N–H and O–H groups in total. The number of rotatable bonds is 6. The van der Waals surface area contributed by atoms with E-state index < -0.39 is 11.7 Å². The van der Waals surface area contributed by atoms with Gasteiger partial charge in [0.15, 0.2) is 0 Å². The van der Waals surface area contributed by atoms with Crippen LogP contribution in [-0.4, -0.2) is 28.2 Å². The van der Waals surface area contributed by atoms with Crippen molar-refractivity contribution in [1.82, 2.24) is 15.0 Å². The summed E-state index contributed by atoms with van der Waals surface area (Å²) < 4.78 is 39.3. The molecule has 0 fully saturated rings. The summed E-state index contributed by atoms with van der Waals surface area (Å²) in [4.78, 5) is 29.5. The van der Waals surface area contributed by atoms with E-state index in [0.717, 1.165) is 12.1 Å². The van der Waals surface area contributed by atoms with Crippen molar-refractivity contribution < 1.29 is 18.0 Å². The smallest absolute Gasteiger partial charge is 0.325 e. The first-order valence-electron chi connectivity index (χ1n) is 10.5. The highest BCUT2D eigenvalue weighted by Crippen LogP contribution is 2.28. The number of fused-ring (bicyclic) bond motifs is 1. The van der Waals surface area contributed by atoms with E-state index in [-0.39, 0.29) is 18.0 Å². The normalized spacial score (nSPS) is 11.7. The molecule has 1 aromatic heterocycles. The zero-order valence-corrected chi connectivity index (χ0v) is 18.5. The topological polar surface area (TPSA) is 88.4 Å². The number of nitrogens with zero attached hydrogens (tertiary/aromatic N) is 3. The maximum absolute atomic E-state index is 12.9. The lowest BCUT2D eigenvalue weighted by Crippen LogP contribution is -2.25. The number of nitrogens with one attached hydrogen (secondary N) is 2. The summed E-state index contributed by atoms with van der Waals surface area (Å²) >= 11 is 0. The van der Waals surface area contributed by atoms with Crippen molar-refractivity contribution in [2.24, 2.45) is 5.10 Å².